The van der Waals surface area contributed by atoms with Gasteiger partial charge in [0.1, 0.15) is 0 Å². The molecule has 0 nitrogen and oxygen atoms in total. The van der Waals surface area contributed by atoms with E-state index in [1.165, 1.54) is 0 Å². The standard InChI is InChI=1S/C7H3Cl2F5/c8-3-1-4(7(12,13)14)5(10)6(9,11)2-3/h1-2,5H. The molecule has 0 aliphatic heterocycles. The maximum Gasteiger partial charge on any atom is 0.415 e. The third kappa shape index (κ3) is 2.20. The molecule has 0 radical (unpaired) electrons. The quantitative estimate of drug-likeness (QED) is 0.454. The minimum absolute atomic E-state index is 0.312. The van der Waals surface area contributed by atoms with E-state index in [0.717, 1.165) is 0 Å². The first-order valence-corrected chi connectivity index (χ1v) is 4.09. The lowest BCUT2D eigenvalue weighted by molar-refractivity contribution is -0.105. The molecule has 1 aliphatic carbocycles. The van der Waals surface area contributed by atoms with Gasteiger partial charge in [0.15, 0.2) is 6.17 Å². The second-order valence-electron chi connectivity index (χ2n) is 2.66. The summed E-state index contributed by atoms with van der Waals surface area (Å²) in [5, 5.41) is -3.82. The third-order valence-electron chi connectivity index (χ3n) is 1.56. The number of hydrogen-bond donors (Lipinski definition) is 0. The van der Waals surface area contributed by atoms with Gasteiger partial charge in [-0.25, -0.2) is 8.78 Å². The van der Waals surface area contributed by atoms with Gasteiger partial charge in [-0.2, -0.15) is 13.2 Å². The molecule has 0 aromatic heterocycles. The van der Waals surface area contributed by atoms with Crippen LogP contribution in [0.25, 0.3) is 0 Å². The van der Waals surface area contributed by atoms with Crippen LogP contribution in [0.4, 0.5) is 22.0 Å². The molecule has 1 aliphatic rings. The zero-order valence-corrected chi connectivity index (χ0v) is 7.89. The molecule has 1 rings (SSSR count). The molecule has 0 spiro atoms. The van der Waals surface area contributed by atoms with E-state index in [9.17, 15) is 22.0 Å². The van der Waals surface area contributed by atoms with Gasteiger partial charge in [-0.1, -0.05) is 23.2 Å². The molecule has 0 bridgehead atoms. The summed E-state index contributed by atoms with van der Waals surface area (Å²) in [5.41, 5.74) is -1.72. The highest BCUT2D eigenvalue weighted by Crippen LogP contribution is 2.43. The summed E-state index contributed by atoms with van der Waals surface area (Å²) in [6.45, 7) is 0. The Morgan fingerprint density at radius 1 is 1.36 bits per heavy atom. The van der Waals surface area contributed by atoms with Crippen LogP contribution in [0.1, 0.15) is 0 Å². The molecule has 0 amide bonds. The van der Waals surface area contributed by atoms with Crippen LogP contribution in [0.2, 0.25) is 0 Å². The fourth-order valence-corrected chi connectivity index (χ4v) is 1.52. The molecule has 0 N–H and O–H groups in total. The van der Waals surface area contributed by atoms with Crippen molar-refractivity contribution in [1.82, 2.24) is 0 Å². The molecular weight excluding hydrogens is 250 g/mol. The lowest BCUT2D eigenvalue weighted by Crippen LogP contribution is -2.36. The number of allylic oxidation sites excluding steroid dienone is 4. The second kappa shape index (κ2) is 3.38. The molecule has 0 saturated heterocycles. The monoisotopic (exact) mass is 252 g/mol. The SMILES string of the molecule is FC1C(C(F)(F)F)=CC(Cl)=CC1(F)Cl. The van der Waals surface area contributed by atoms with Crippen LogP contribution in [0, 0.1) is 0 Å². The maximum atomic E-state index is 13.0. The van der Waals surface area contributed by atoms with Gasteiger partial charge in [-0.3, -0.25) is 0 Å². The van der Waals surface area contributed by atoms with Crippen LogP contribution in [0.3, 0.4) is 0 Å². The van der Waals surface area contributed by atoms with Crippen molar-refractivity contribution in [2.24, 2.45) is 0 Å². The van der Waals surface area contributed by atoms with E-state index in [4.69, 9.17) is 23.2 Å². The molecular formula is C7H3Cl2F5. The summed E-state index contributed by atoms with van der Waals surface area (Å²) in [7, 11) is 0. The van der Waals surface area contributed by atoms with Crippen LogP contribution in [0.5, 0.6) is 0 Å². The molecule has 0 saturated carbocycles. The van der Waals surface area contributed by atoms with Gasteiger partial charge in [-0.15, -0.1) is 0 Å². The van der Waals surface area contributed by atoms with E-state index in [-0.39, 0.29) is 0 Å². The molecule has 0 aromatic rings. The van der Waals surface area contributed by atoms with Gasteiger partial charge < -0.3 is 0 Å². The number of alkyl halides is 6. The highest BCUT2D eigenvalue weighted by molar-refractivity contribution is 6.33. The Bertz CT molecular complexity index is 302. The van der Waals surface area contributed by atoms with Crippen molar-refractivity contribution >= 4 is 23.2 Å². The van der Waals surface area contributed by atoms with Gasteiger partial charge in [0.2, 0.25) is 5.13 Å². The fourth-order valence-electron chi connectivity index (χ4n) is 0.953. The van der Waals surface area contributed by atoms with Crippen LogP contribution >= 0.6 is 23.2 Å². The first-order chi connectivity index (χ1) is 6.14. The predicted molar refractivity (Wildman–Crippen MR) is 42.7 cm³/mol. The number of hydrogen-bond acceptors (Lipinski definition) is 0. The van der Waals surface area contributed by atoms with E-state index >= 15 is 0 Å². The van der Waals surface area contributed by atoms with Crippen molar-refractivity contribution in [3.8, 4) is 0 Å². The van der Waals surface area contributed by atoms with Gasteiger partial charge in [0, 0.05) is 5.03 Å². The molecule has 0 fully saturated rings. The summed E-state index contributed by atoms with van der Waals surface area (Å²) < 4.78 is 62.1. The van der Waals surface area contributed by atoms with Gasteiger partial charge in [-0.05, 0) is 12.2 Å². The van der Waals surface area contributed by atoms with E-state index in [1.807, 2.05) is 0 Å². The van der Waals surface area contributed by atoms with E-state index in [1.54, 1.807) is 0 Å². The van der Waals surface area contributed by atoms with Crippen LogP contribution < -0.4 is 0 Å². The molecule has 2 unspecified atom stereocenters. The van der Waals surface area contributed by atoms with Gasteiger partial charge >= 0.3 is 6.18 Å². The minimum Gasteiger partial charge on any atom is -0.237 e. The van der Waals surface area contributed by atoms with Crippen molar-refractivity contribution in [1.29, 1.82) is 0 Å². The van der Waals surface area contributed by atoms with Crippen molar-refractivity contribution in [2.75, 3.05) is 0 Å². The van der Waals surface area contributed by atoms with Crippen molar-refractivity contribution in [2.45, 2.75) is 17.5 Å². The minimum atomic E-state index is -4.99. The Kier molecular flexibility index (Phi) is 2.84. The molecule has 80 valence electrons. The Morgan fingerprint density at radius 3 is 2.29 bits per heavy atom. The van der Waals surface area contributed by atoms with Crippen molar-refractivity contribution in [3.05, 3.63) is 22.8 Å². The molecule has 0 aromatic carbocycles. The average molecular weight is 253 g/mol. The predicted octanol–water partition coefficient (Wildman–Crippen LogP) is 3.85. The number of rotatable bonds is 0. The van der Waals surface area contributed by atoms with Gasteiger partial charge in [0.25, 0.3) is 0 Å². The highest BCUT2D eigenvalue weighted by Gasteiger charge is 2.50. The number of halogens is 7. The summed E-state index contributed by atoms with van der Waals surface area (Å²) in [4.78, 5) is 0. The highest BCUT2D eigenvalue weighted by atomic mass is 35.5. The van der Waals surface area contributed by atoms with E-state index < -0.39 is 28.1 Å². The van der Waals surface area contributed by atoms with E-state index in [2.05, 4.69) is 0 Å². The molecule has 14 heavy (non-hydrogen) atoms. The summed E-state index contributed by atoms with van der Waals surface area (Å²) in [6, 6.07) is 0. The van der Waals surface area contributed by atoms with Crippen molar-refractivity contribution in [3.63, 3.8) is 0 Å². The second-order valence-corrected chi connectivity index (χ2v) is 3.68. The smallest absolute Gasteiger partial charge is 0.237 e. The Balaban J connectivity index is 3.15. The maximum absolute atomic E-state index is 13.0. The summed E-state index contributed by atoms with van der Waals surface area (Å²) in [6.07, 6.45) is -7.26. The molecule has 7 heteroatoms. The Hall–Kier alpha value is -0.290. The van der Waals surface area contributed by atoms with Gasteiger partial charge in [0.05, 0.1) is 5.57 Å². The normalized spacial score (nSPS) is 33.8. The van der Waals surface area contributed by atoms with Crippen molar-refractivity contribution < 1.29 is 22.0 Å². The summed E-state index contributed by atoms with van der Waals surface area (Å²) in [5.74, 6) is 0. The van der Waals surface area contributed by atoms with E-state index in [0.29, 0.717) is 12.2 Å². The zero-order chi connectivity index (χ0) is 11.1. The first kappa shape index (κ1) is 11.8. The largest absolute Gasteiger partial charge is 0.415 e. The Morgan fingerprint density at radius 2 is 1.86 bits per heavy atom. The average Bonchev–Trinajstić information content (AvgIpc) is 1.93. The zero-order valence-electron chi connectivity index (χ0n) is 6.38. The fraction of sp³-hybridized carbons (Fsp3) is 0.429. The lowest BCUT2D eigenvalue weighted by Gasteiger charge is -2.26. The van der Waals surface area contributed by atoms with Crippen LogP contribution in [0.15, 0.2) is 22.8 Å². The topological polar surface area (TPSA) is 0 Å². The van der Waals surface area contributed by atoms with Crippen LogP contribution in [-0.2, 0) is 0 Å². The molecule has 2 atom stereocenters. The Labute approximate surface area is 86.0 Å². The lowest BCUT2D eigenvalue weighted by atomic mass is 10.0. The van der Waals surface area contributed by atoms with Crippen LogP contribution in [-0.4, -0.2) is 17.5 Å². The summed E-state index contributed by atoms with van der Waals surface area (Å²) >= 11 is 10.0. The third-order valence-corrected chi connectivity index (χ3v) is 2.08. The molecule has 0 heterocycles. The first-order valence-electron chi connectivity index (χ1n) is 3.33.